The Balaban J connectivity index is 1.83. The van der Waals surface area contributed by atoms with E-state index in [4.69, 9.17) is 26.1 Å². The van der Waals surface area contributed by atoms with Gasteiger partial charge in [0.05, 0.1) is 0 Å². The number of carbonyl (C=O) groups is 2. The van der Waals surface area contributed by atoms with Gasteiger partial charge in [0.1, 0.15) is 30.4 Å². The summed E-state index contributed by atoms with van der Waals surface area (Å²) >= 11 is 1.21. The van der Waals surface area contributed by atoms with E-state index >= 15 is 0 Å². The topological polar surface area (TPSA) is 162 Å². The Hall–Kier alpha value is -3.47. The number of ketones is 1. The Labute approximate surface area is 164 Å². The molecule has 0 atom stereocenters. The predicted octanol–water partition coefficient (Wildman–Crippen LogP) is 0.904. The van der Waals surface area contributed by atoms with Crippen molar-refractivity contribution in [2.75, 3.05) is 25.5 Å². The highest BCUT2D eigenvalue weighted by molar-refractivity contribution is 7.13. The SMILES string of the molecule is CC(=O)C(=NOCCOc1ccc(C(N)=NCC(=O)O)cc1)c1csc(N)n1. The summed E-state index contributed by atoms with van der Waals surface area (Å²) in [6.45, 7) is 1.27. The number of thiazole rings is 1. The zero-order chi connectivity index (χ0) is 20.5. The molecule has 2 rings (SSSR count). The molecular formula is C17H19N5O5S. The number of carboxylic acids is 1. The van der Waals surface area contributed by atoms with Crippen molar-refractivity contribution in [2.45, 2.75) is 6.92 Å². The standard InChI is InChI=1S/C17H19N5O5S/c1-10(23)15(13-9-28-17(19)21-13)22-27-7-6-26-12-4-2-11(3-5-12)16(18)20-8-14(24)25/h2-5,9H,6-8H2,1H3,(H2,18,20)(H2,19,21)(H,24,25). The van der Waals surface area contributed by atoms with Crippen LogP contribution >= 0.6 is 11.3 Å². The van der Waals surface area contributed by atoms with E-state index < -0.39 is 12.5 Å². The second-order valence-corrected chi connectivity index (χ2v) is 6.26. The van der Waals surface area contributed by atoms with Crippen molar-refractivity contribution in [1.82, 2.24) is 4.98 Å². The van der Waals surface area contributed by atoms with Gasteiger partial charge in [0.2, 0.25) is 0 Å². The van der Waals surface area contributed by atoms with Gasteiger partial charge in [-0.2, -0.15) is 0 Å². The van der Waals surface area contributed by atoms with E-state index in [2.05, 4.69) is 15.1 Å². The van der Waals surface area contributed by atoms with Gasteiger partial charge in [-0.25, -0.2) is 4.98 Å². The Morgan fingerprint density at radius 3 is 2.54 bits per heavy atom. The van der Waals surface area contributed by atoms with Gasteiger partial charge in [0, 0.05) is 17.9 Å². The number of ether oxygens (including phenoxy) is 1. The van der Waals surface area contributed by atoms with Crippen LogP contribution in [0.3, 0.4) is 0 Å². The zero-order valence-corrected chi connectivity index (χ0v) is 15.8. The molecule has 0 aliphatic rings. The molecule has 0 radical (unpaired) electrons. The van der Waals surface area contributed by atoms with Gasteiger partial charge < -0.3 is 26.1 Å². The minimum Gasteiger partial charge on any atom is -0.490 e. The van der Waals surface area contributed by atoms with Crippen LogP contribution in [-0.4, -0.2) is 53.1 Å². The van der Waals surface area contributed by atoms with E-state index in [0.29, 0.717) is 22.1 Å². The molecule has 1 aromatic heterocycles. The number of nitrogen functional groups attached to an aromatic ring is 1. The maximum Gasteiger partial charge on any atom is 0.325 e. The number of hydrogen-bond acceptors (Lipinski definition) is 9. The van der Waals surface area contributed by atoms with Gasteiger partial charge in [-0.1, -0.05) is 5.16 Å². The molecule has 0 amide bonds. The minimum atomic E-state index is -1.06. The number of nitrogens with zero attached hydrogens (tertiary/aromatic N) is 3. The minimum absolute atomic E-state index is 0.0911. The first-order chi connectivity index (χ1) is 13.4. The van der Waals surface area contributed by atoms with Crippen molar-refractivity contribution in [3.63, 3.8) is 0 Å². The predicted molar refractivity (Wildman–Crippen MR) is 105 cm³/mol. The first-order valence-corrected chi connectivity index (χ1v) is 8.92. The fourth-order valence-electron chi connectivity index (χ4n) is 1.96. The highest BCUT2D eigenvalue weighted by atomic mass is 32.1. The van der Waals surface area contributed by atoms with Crippen LogP contribution in [0.1, 0.15) is 18.2 Å². The molecule has 10 nitrogen and oxygen atoms in total. The fraction of sp³-hybridized carbons (Fsp3) is 0.235. The van der Waals surface area contributed by atoms with Crippen LogP contribution in [0.2, 0.25) is 0 Å². The summed E-state index contributed by atoms with van der Waals surface area (Å²) in [6, 6.07) is 6.66. The number of rotatable bonds is 10. The summed E-state index contributed by atoms with van der Waals surface area (Å²) in [6.07, 6.45) is 0. The third-order valence-electron chi connectivity index (χ3n) is 3.23. The molecule has 5 N–H and O–H groups in total. The number of nitrogens with two attached hydrogens (primary N) is 2. The number of aliphatic carboxylic acids is 1. The molecule has 148 valence electrons. The molecular weight excluding hydrogens is 386 g/mol. The number of amidine groups is 1. The molecule has 0 aliphatic carbocycles. The van der Waals surface area contributed by atoms with Crippen molar-refractivity contribution in [3.05, 3.63) is 40.9 Å². The molecule has 0 bridgehead atoms. The molecule has 0 saturated carbocycles. The van der Waals surface area contributed by atoms with Crippen LogP contribution in [0.4, 0.5) is 5.13 Å². The third-order valence-corrected chi connectivity index (χ3v) is 3.91. The van der Waals surface area contributed by atoms with Crippen molar-refractivity contribution in [1.29, 1.82) is 0 Å². The third kappa shape index (κ3) is 6.36. The zero-order valence-electron chi connectivity index (χ0n) is 15.0. The highest BCUT2D eigenvalue weighted by Gasteiger charge is 2.13. The van der Waals surface area contributed by atoms with Crippen LogP contribution in [0.15, 0.2) is 39.8 Å². The van der Waals surface area contributed by atoms with E-state index in [1.807, 2.05) is 0 Å². The lowest BCUT2D eigenvalue weighted by Gasteiger charge is -2.07. The number of aromatic nitrogens is 1. The second kappa shape index (κ2) is 10.0. The van der Waals surface area contributed by atoms with E-state index in [1.54, 1.807) is 29.6 Å². The number of Topliss-reactive ketones (excluding diaryl/α,β-unsaturated/α-hetero) is 1. The summed E-state index contributed by atoms with van der Waals surface area (Å²) in [7, 11) is 0. The molecule has 0 fully saturated rings. The normalized spacial score (nSPS) is 11.9. The van der Waals surface area contributed by atoms with Gasteiger partial charge >= 0.3 is 5.97 Å². The smallest absolute Gasteiger partial charge is 0.325 e. The molecule has 11 heteroatoms. The van der Waals surface area contributed by atoms with Crippen LogP contribution in [-0.2, 0) is 14.4 Å². The average molecular weight is 405 g/mol. The quantitative estimate of drug-likeness (QED) is 0.227. The van der Waals surface area contributed by atoms with E-state index in [9.17, 15) is 9.59 Å². The van der Waals surface area contributed by atoms with Gasteiger partial charge in [0.15, 0.2) is 23.2 Å². The van der Waals surface area contributed by atoms with E-state index in [1.165, 1.54) is 18.3 Å². The molecule has 28 heavy (non-hydrogen) atoms. The van der Waals surface area contributed by atoms with Crippen LogP contribution < -0.4 is 16.2 Å². The molecule has 0 aliphatic heterocycles. The van der Waals surface area contributed by atoms with Gasteiger partial charge in [-0.15, -0.1) is 11.3 Å². The molecule has 0 saturated heterocycles. The van der Waals surface area contributed by atoms with Crippen molar-refractivity contribution >= 4 is 39.8 Å². The van der Waals surface area contributed by atoms with Crippen LogP contribution in [0, 0.1) is 0 Å². The van der Waals surface area contributed by atoms with Gasteiger partial charge in [-0.05, 0) is 24.3 Å². The number of benzene rings is 1. The average Bonchev–Trinajstić information content (AvgIpc) is 3.08. The van der Waals surface area contributed by atoms with Crippen molar-refractivity contribution in [3.8, 4) is 5.75 Å². The van der Waals surface area contributed by atoms with Crippen LogP contribution in [0.25, 0.3) is 0 Å². The van der Waals surface area contributed by atoms with Crippen molar-refractivity contribution < 1.29 is 24.3 Å². The number of oxime groups is 1. The number of aliphatic imine (C=N–C) groups is 1. The molecule has 1 aromatic carbocycles. The fourth-order valence-corrected chi connectivity index (χ4v) is 2.51. The number of anilines is 1. The van der Waals surface area contributed by atoms with E-state index in [0.717, 1.165) is 0 Å². The number of carbonyl (C=O) groups excluding carboxylic acids is 1. The Morgan fingerprint density at radius 2 is 1.96 bits per heavy atom. The van der Waals surface area contributed by atoms with Gasteiger partial charge in [-0.3, -0.25) is 14.6 Å². The maximum atomic E-state index is 11.6. The lowest BCUT2D eigenvalue weighted by atomic mass is 10.2. The maximum absolute atomic E-state index is 11.6. The Kier molecular flexibility index (Phi) is 7.45. The van der Waals surface area contributed by atoms with Gasteiger partial charge in [0.25, 0.3) is 0 Å². The lowest BCUT2D eigenvalue weighted by molar-refractivity contribution is -0.135. The summed E-state index contributed by atoms with van der Waals surface area (Å²) in [5, 5.41) is 14.4. The Bertz CT molecular complexity index is 892. The summed E-state index contributed by atoms with van der Waals surface area (Å²) in [5.41, 5.74) is 12.3. The summed E-state index contributed by atoms with van der Waals surface area (Å²) in [4.78, 5) is 35.0. The first kappa shape index (κ1) is 20.8. The van der Waals surface area contributed by atoms with Crippen LogP contribution in [0.5, 0.6) is 5.75 Å². The Morgan fingerprint density at radius 1 is 1.25 bits per heavy atom. The number of hydrogen-bond donors (Lipinski definition) is 3. The second-order valence-electron chi connectivity index (χ2n) is 5.37. The number of carboxylic acid groups (broad SMARTS) is 1. The molecule has 0 unspecified atom stereocenters. The van der Waals surface area contributed by atoms with Crippen molar-refractivity contribution in [2.24, 2.45) is 15.9 Å². The largest absolute Gasteiger partial charge is 0.490 e. The van der Waals surface area contributed by atoms with E-state index in [-0.39, 0.29) is 30.5 Å². The summed E-state index contributed by atoms with van der Waals surface area (Å²) < 4.78 is 5.50. The molecule has 2 aromatic rings. The monoisotopic (exact) mass is 405 g/mol. The highest BCUT2D eigenvalue weighted by Crippen LogP contribution is 2.13. The summed E-state index contributed by atoms with van der Waals surface area (Å²) in [5.74, 6) is -0.659. The first-order valence-electron chi connectivity index (χ1n) is 8.04. The lowest BCUT2D eigenvalue weighted by Crippen LogP contribution is -2.16. The molecule has 1 heterocycles. The molecule has 0 spiro atoms.